The summed E-state index contributed by atoms with van der Waals surface area (Å²) in [6, 6.07) is 7.33. The highest BCUT2D eigenvalue weighted by Gasteiger charge is 2.19. The predicted octanol–water partition coefficient (Wildman–Crippen LogP) is 5.84. The number of hydrogen-bond acceptors (Lipinski definition) is 6. The van der Waals surface area contributed by atoms with Gasteiger partial charge in [0.1, 0.15) is 5.75 Å². The van der Waals surface area contributed by atoms with E-state index in [-0.39, 0.29) is 0 Å². The zero-order chi connectivity index (χ0) is 12.4. The summed E-state index contributed by atoms with van der Waals surface area (Å²) in [5.41, 5.74) is 0. The largest absolute Gasteiger partial charge is 0.508 e. The van der Waals surface area contributed by atoms with Gasteiger partial charge in [-0.1, -0.05) is 58.8 Å². The van der Waals surface area contributed by atoms with Crippen LogP contribution >= 0.6 is 58.8 Å². The molecule has 1 aromatic carbocycles. The average molecular weight is 329 g/mol. The van der Waals surface area contributed by atoms with Crippen LogP contribution in [0.5, 0.6) is 5.75 Å². The maximum absolute atomic E-state index is 9.25. The van der Waals surface area contributed by atoms with Crippen molar-refractivity contribution in [1.29, 1.82) is 0 Å². The maximum Gasteiger partial charge on any atom is 0.115 e. The van der Waals surface area contributed by atoms with Gasteiger partial charge in [0.15, 0.2) is 0 Å². The van der Waals surface area contributed by atoms with Gasteiger partial charge in [-0.25, -0.2) is 0 Å². The Kier molecular flexibility index (Phi) is 4.31. The highest BCUT2D eigenvalue weighted by molar-refractivity contribution is 8.37. The molecule has 1 aromatic rings. The van der Waals surface area contributed by atoms with Crippen molar-refractivity contribution in [2.45, 2.75) is 4.90 Å². The number of phenols is 1. The molecule has 0 spiro atoms. The van der Waals surface area contributed by atoms with Crippen molar-refractivity contribution in [2.24, 2.45) is 0 Å². The minimum atomic E-state index is 0.314. The van der Waals surface area contributed by atoms with Gasteiger partial charge in [-0.15, -0.1) is 0 Å². The summed E-state index contributed by atoms with van der Waals surface area (Å²) in [5, 5.41) is 15.7. The van der Waals surface area contributed by atoms with Crippen molar-refractivity contribution in [3.63, 3.8) is 0 Å². The van der Waals surface area contributed by atoms with Crippen molar-refractivity contribution in [3.8, 4) is 5.75 Å². The van der Waals surface area contributed by atoms with E-state index in [4.69, 9.17) is 0 Å². The Morgan fingerprint density at radius 2 is 1.61 bits per heavy atom. The van der Waals surface area contributed by atoms with Crippen LogP contribution in [-0.2, 0) is 0 Å². The standard InChI is InChI=1S/C12H8OS5/c13-8-1-3-9(4-2-8)17-10-7-16-12(18-10)11-14-5-6-15-11/h1-7,13H. The van der Waals surface area contributed by atoms with Crippen LogP contribution in [0.3, 0.4) is 0 Å². The number of thioether (sulfide) groups is 5. The van der Waals surface area contributed by atoms with Gasteiger partial charge in [-0.05, 0) is 40.5 Å². The lowest BCUT2D eigenvalue weighted by molar-refractivity contribution is 0.475. The third kappa shape index (κ3) is 3.11. The fraction of sp³-hybridized carbons (Fsp3) is 0. The van der Waals surface area contributed by atoms with E-state index in [1.807, 2.05) is 23.9 Å². The Morgan fingerprint density at radius 1 is 0.889 bits per heavy atom. The first kappa shape index (κ1) is 13.0. The molecule has 92 valence electrons. The molecule has 3 rings (SSSR count). The van der Waals surface area contributed by atoms with Gasteiger partial charge in [0.05, 0.1) is 12.7 Å². The van der Waals surface area contributed by atoms with Gasteiger partial charge >= 0.3 is 0 Å². The van der Waals surface area contributed by atoms with Gasteiger partial charge in [-0.2, -0.15) is 0 Å². The van der Waals surface area contributed by atoms with E-state index in [1.165, 1.54) is 12.7 Å². The molecule has 0 radical (unpaired) electrons. The van der Waals surface area contributed by atoms with Crippen LogP contribution in [0, 0.1) is 0 Å². The minimum absolute atomic E-state index is 0.314. The van der Waals surface area contributed by atoms with Gasteiger partial charge in [0.2, 0.25) is 0 Å². The summed E-state index contributed by atoms with van der Waals surface area (Å²) in [6.45, 7) is 0. The van der Waals surface area contributed by atoms with E-state index < -0.39 is 0 Å². The van der Waals surface area contributed by atoms with E-state index in [0.29, 0.717) is 5.75 Å². The fourth-order valence-corrected chi connectivity index (χ4v) is 7.08. The molecule has 0 amide bonds. The first-order valence-electron chi connectivity index (χ1n) is 5.05. The molecule has 0 unspecified atom stereocenters. The normalized spacial score (nSPS) is 18.6. The monoisotopic (exact) mass is 328 g/mol. The predicted molar refractivity (Wildman–Crippen MR) is 88.6 cm³/mol. The number of phenolic OH excluding ortho intramolecular Hbond substituents is 1. The topological polar surface area (TPSA) is 20.2 Å². The number of rotatable bonds is 2. The van der Waals surface area contributed by atoms with E-state index >= 15 is 0 Å². The molecule has 0 bridgehead atoms. The minimum Gasteiger partial charge on any atom is -0.508 e. The maximum atomic E-state index is 9.25. The molecule has 2 heterocycles. The van der Waals surface area contributed by atoms with Crippen LogP contribution in [0.2, 0.25) is 0 Å². The SMILES string of the molecule is Oc1ccc(SC2=CSC(=C3SC=CS3)S2)cc1. The lowest BCUT2D eigenvalue weighted by atomic mass is 10.3. The van der Waals surface area contributed by atoms with Crippen molar-refractivity contribution in [1.82, 2.24) is 0 Å². The third-order valence-electron chi connectivity index (χ3n) is 2.08. The quantitative estimate of drug-likeness (QED) is 0.730. The smallest absolute Gasteiger partial charge is 0.115 e. The van der Waals surface area contributed by atoms with E-state index in [9.17, 15) is 5.11 Å². The highest BCUT2D eigenvalue weighted by atomic mass is 32.2. The summed E-state index contributed by atoms with van der Waals surface area (Å²) in [6.07, 6.45) is 0. The molecular formula is C12H8OS5. The van der Waals surface area contributed by atoms with E-state index in [0.717, 1.165) is 4.90 Å². The molecule has 1 N–H and O–H groups in total. The molecule has 18 heavy (non-hydrogen) atoms. The molecule has 2 aliphatic heterocycles. The number of hydrogen-bond donors (Lipinski definition) is 1. The molecule has 2 aliphatic rings. The molecule has 1 nitrogen and oxygen atoms in total. The van der Waals surface area contributed by atoms with E-state index in [2.05, 4.69) is 16.2 Å². The lowest BCUT2D eigenvalue weighted by Crippen LogP contribution is -1.70. The Labute approximate surface area is 127 Å². The summed E-state index contributed by atoms with van der Waals surface area (Å²) in [7, 11) is 0. The fourth-order valence-electron chi connectivity index (χ4n) is 1.31. The van der Waals surface area contributed by atoms with Crippen molar-refractivity contribution in [3.05, 3.63) is 53.2 Å². The number of benzene rings is 1. The molecule has 0 fully saturated rings. The highest BCUT2D eigenvalue weighted by Crippen LogP contribution is 2.56. The van der Waals surface area contributed by atoms with Crippen LogP contribution < -0.4 is 0 Å². The van der Waals surface area contributed by atoms with Crippen molar-refractivity contribution >= 4 is 58.8 Å². The zero-order valence-corrected chi connectivity index (χ0v) is 13.1. The van der Waals surface area contributed by atoms with Crippen molar-refractivity contribution < 1.29 is 5.11 Å². The summed E-state index contributed by atoms with van der Waals surface area (Å²) in [5.74, 6) is 0.314. The zero-order valence-electron chi connectivity index (χ0n) is 9.03. The van der Waals surface area contributed by atoms with Gasteiger partial charge in [0, 0.05) is 4.90 Å². The molecule has 6 heteroatoms. The molecule has 0 saturated carbocycles. The van der Waals surface area contributed by atoms with Crippen LogP contribution in [0.25, 0.3) is 0 Å². The Balaban J connectivity index is 1.65. The summed E-state index contributed by atoms with van der Waals surface area (Å²) >= 11 is 8.96. The molecule has 0 atom stereocenters. The van der Waals surface area contributed by atoms with Gasteiger partial charge < -0.3 is 5.11 Å². The first-order valence-corrected chi connectivity index (χ1v) is 9.32. The summed E-state index contributed by atoms with van der Waals surface area (Å²) in [4.78, 5) is 1.16. The summed E-state index contributed by atoms with van der Waals surface area (Å²) < 4.78 is 4.04. The van der Waals surface area contributed by atoms with Crippen molar-refractivity contribution in [2.75, 3.05) is 0 Å². The first-order chi connectivity index (χ1) is 8.81. The second kappa shape index (κ2) is 5.96. The van der Waals surface area contributed by atoms with Gasteiger partial charge in [-0.3, -0.25) is 0 Å². The molecule has 0 aromatic heterocycles. The second-order valence-corrected chi connectivity index (χ2v) is 8.99. The molecule has 0 saturated heterocycles. The second-order valence-electron chi connectivity index (χ2n) is 3.34. The molecule has 0 aliphatic carbocycles. The van der Waals surface area contributed by atoms with E-state index in [1.54, 1.807) is 59.2 Å². The van der Waals surface area contributed by atoms with Crippen LogP contribution in [0.15, 0.2) is 58.1 Å². The van der Waals surface area contributed by atoms with Gasteiger partial charge in [0.25, 0.3) is 0 Å². The lowest BCUT2D eigenvalue weighted by Gasteiger charge is -2.03. The third-order valence-corrected chi connectivity index (χ3v) is 8.37. The Morgan fingerprint density at radius 3 is 2.33 bits per heavy atom. The Hall–Kier alpha value is -0.0100. The molecular weight excluding hydrogens is 320 g/mol. The number of aromatic hydroxyl groups is 1. The van der Waals surface area contributed by atoms with Crippen LogP contribution in [-0.4, -0.2) is 5.11 Å². The average Bonchev–Trinajstić information content (AvgIpc) is 3.02. The Bertz CT molecular complexity index is 534. The van der Waals surface area contributed by atoms with Crippen LogP contribution in [0.1, 0.15) is 0 Å². The van der Waals surface area contributed by atoms with Crippen LogP contribution in [0.4, 0.5) is 0 Å².